The highest BCUT2D eigenvalue weighted by Crippen LogP contribution is 2.30. The number of aromatic nitrogens is 1. The topological polar surface area (TPSA) is 42.0 Å². The quantitative estimate of drug-likeness (QED) is 0.860. The lowest BCUT2D eigenvalue weighted by molar-refractivity contribution is -0.138. The highest BCUT2D eigenvalue weighted by atomic mass is 19.4. The Hall–Kier alpha value is -2.58. The molecule has 0 spiro atoms. The summed E-state index contributed by atoms with van der Waals surface area (Å²) >= 11 is 0. The van der Waals surface area contributed by atoms with Crippen LogP contribution in [0.15, 0.2) is 30.5 Å². The summed E-state index contributed by atoms with van der Waals surface area (Å²) in [4.78, 5) is 15.2. The average Bonchev–Trinajstić information content (AvgIpc) is 2.48. The summed E-state index contributed by atoms with van der Waals surface area (Å²) in [6.45, 7) is -0.355. The molecule has 1 amide bonds. The lowest BCUT2D eigenvalue weighted by atomic mass is 10.1. The largest absolute Gasteiger partial charge is 0.418 e. The molecule has 0 aliphatic heterocycles. The molecule has 1 aromatic carbocycles. The van der Waals surface area contributed by atoms with Crippen molar-refractivity contribution in [3.63, 3.8) is 0 Å². The smallest absolute Gasteiger partial charge is 0.350 e. The van der Waals surface area contributed by atoms with Crippen molar-refractivity contribution in [1.82, 2.24) is 10.3 Å². The van der Waals surface area contributed by atoms with Crippen molar-refractivity contribution in [3.8, 4) is 0 Å². The highest BCUT2D eigenvalue weighted by molar-refractivity contribution is 5.93. The van der Waals surface area contributed by atoms with Gasteiger partial charge in [0.2, 0.25) is 0 Å². The molecule has 0 aliphatic carbocycles. The molecule has 0 atom stereocenters. The number of halogens is 6. The number of nitrogens with one attached hydrogen (secondary N) is 1. The first-order chi connectivity index (χ1) is 11.2. The summed E-state index contributed by atoms with van der Waals surface area (Å²) < 4.78 is 78.0. The molecule has 0 saturated carbocycles. The fraction of sp³-hybridized carbons (Fsp3) is 0.200. The van der Waals surface area contributed by atoms with Crippen LogP contribution in [0.1, 0.15) is 21.6 Å². The van der Waals surface area contributed by atoms with Crippen molar-refractivity contribution in [1.29, 1.82) is 0 Å². The van der Waals surface area contributed by atoms with Crippen LogP contribution in [0.3, 0.4) is 0 Å². The zero-order valence-corrected chi connectivity index (χ0v) is 11.9. The second-order valence-electron chi connectivity index (χ2n) is 4.75. The highest BCUT2D eigenvalue weighted by Gasteiger charge is 2.35. The standard InChI is InChI=1S/C15H10F6N2O/c16-8-6-11(17)9(12(18)7-8)3-5-23-14(24)13-10(15(19,20)21)2-1-4-22-13/h1-2,4,6-7H,3,5H2,(H,23,24). The third-order valence-corrected chi connectivity index (χ3v) is 3.09. The lowest BCUT2D eigenvalue weighted by Gasteiger charge is -2.12. The number of pyridine rings is 1. The molecule has 1 aromatic heterocycles. The molecule has 9 heteroatoms. The van der Waals surface area contributed by atoms with E-state index < -0.39 is 46.4 Å². The van der Waals surface area contributed by atoms with Gasteiger partial charge in [-0.1, -0.05) is 0 Å². The fourth-order valence-corrected chi connectivity index (χ4v) is 2.01. The van der Waals surface area contributed by atoms with E-state index >= 15 is 0 Å². The summed E-state index contributed by atoms with van der Waals surface area (Å²) in [6.07, 6.45) is -4.11. The monoisotopic (exact) mass is 348 g/mol. The Morgan fingerprint density at radius 3 is 2.33 bits per heavy atom. The van der Waals surface area contributed by atoms with Crippen molar-refractivity contribution in [2.45, 2.75) is 12.6 Å². The van der Waals surface area contributed by atoms with E-state index in [1.54, 1.807) is 0 Å². The third-order valence-electron chi connectivity index (χ3n) is 3.09. The van der Waals surface area contributed by atoms with Gasteiger partial charge in [0.1, 0.15) is 23.1 Å². The predicted molar refractivity (Wildman–Crippen MR) is 71.6 cm³/mol. The maximum absolute atomic E-state index is 13.4. The zero-order valence-electron chi connectivity index (χ0n) is 11.9. The molecule has 0 aliphatic rings. The summed E-state index contributed by atoms with van der Waals surface area (Å²) in [7, 11) is 0. The van der Waals surface area contributed by atoms with E-state index in [0.29, 0.717) is 18.2 Å². The van der Waals surface area contributed by atoms with E-state index in [0.717, 1.165) is 12.3 Å². The predicted octanol–water partition coefficient (Wildman–Crippen LogP) is 3.49. The van der Waals surface area contributed by atoms with Gasteiger partial charge in [0.05, 0.1) is 5.56 Å². The number of carbonyl (C=O) groups is 1. The van der Waals surface area contributed by atoms with E-state index in [4.69, 9.17) is 0 Å². The van der Waals surface area contributed by atoms with Gasteiger partial charge < -0.3 is 5.32 Å². The Morgan fingerprint density at radius 2 is 1.75 bits per heavy atom. The first-order valence-corrected chi connectivity index (χ1v) is 6.64. The van der Waals surface area contributed by atoms with Gasteiger partial charge >= 0.3 is 6.18 Å². The first-order valence-electron chi connectivity index (χ1n) is 6.64. The van der Waals surface area contributed by atoms with Gasteiger partial charge in [-0.3, -0.25) is 9.78 Å². The molecule has 2 aromatic rings. The van der Waals surface area contributed by atoms with Gasteiger partial charge in [-0.25, -0.2) is 13.2 Å². The van der Waals surface area contributed by atoms with Crippen LogP contribution in [-0.2, 0) is 12.6 Å². The third kappa shape index (κ3) is 4.03. The molecular formula is C15H10F6N2O. The maximum atomic E-state index is 13.4. The Morgan fingerprint density at radius 1 is 1.12 bits per heavy atom. The maximum Gasteiger partial charge on any atom is 0.418 e. The Balaban J connectivity index is 2.08. The van der Waals surface area contributed by atoms with E-state index in [1.165, 1.54) is 0 Å². The molecule has 0 radical (unpaired) electrons. The molecule has 0 bridgehead atoms. The number of amides is 1. The molecule has 2 rings (SSSR count). The van der Waals surface area contributed by atoms with Gasteiger partial charge in [-0.2, -0.15) is 13.2 Å². The van der Waals surface area contributed by atoms with Crippen LogP contribution in [0.4, 0.5) is 26.3 Å². The zero-order chi connectivity index (χ0) is 17.9. The van der Waals surface area contributed by atoms with Crippen LogP contribution in [0.25, 0.3) is 0 Å². The molecule has 0 saturated heterocycles. The van der Waals surface area contributed by atoms with Crippen molar-refractivity contribution in [3.05, 3.63) is 64.7 Å². The molecule has 1 N–H and O–H groups in total. The summed E-state index contributed by atoms with van der Waals surface area (Å²) in [5.74, 6) is -4.52. The fourth-order valence-electron chi connectivity index (χ4n) is 2.01. The van der Waals surface area contributed by atoms with Gasteiger partial charge in [-0.15, -0.1) is 0 Å². The van der Waals surface area contributed by atoms with Gasteiger partial charge in [-0.05, 0) is 18.6 Å². The Kier molecular flexibility index (Phi) is 5.10. The van der Waals surface area contributed by atoms with Crippen LogP contribution < -0.4 is 5.32 Å². The number of hydrogen-bond donors (Lipinski definition) is 1. The second-order valence-corrected chi connectivity index (χ2v) is 4.75. The Bertz CT molecular complexity index is 737. The first kappa shape index (κ1) is 17.8. The number of nitrogens with zero attached hydrogens (tertiary/aromatic N) is 1. The van der Waals surface area contributed by atoms with Gasteiger partial charge in [0.25, 0.3) is 5.91 Å². The van der Waals surface area contributed by atoms with Crippen LogP contribution in [0.2, 0.25) is 0 Å². The van der Waals surface area contributed by atoms with E-state index in [2.05, 4.69) is 10.3 Å². The molecular weight excluding hydrogens is 338 g/mol. The molecule has 0 fully saturated rings. The Labute approximate surface area is 132 Å². The number of hydrogen-bond acceptors (Lipinski definition) is 2. The molecule has 3 nitrogen and oxygen atoms in total. The van der Waals surface area contributed by atoms with E-state index in [9.17, 15) is 31.1 Å². The average molecular weight is 348 g/mol. The molecule has 24 heavy (non-hydrogen) atoms. The number of alkyl halides is 3. The van der Waals surface area contributed by atoms with Crippen molar-refractivity contribution < 1.29 is 31.1 Å². The van der Waals surface area contributed by atoms with Crippen LogP contribution in [-0.4, -0.2) is 17.4 Å². The van der Waals surface area contributed by atoms with E-state index in [-0.39, 0.29) is 13.0 Å². The molecule has 128 valence electrons. The van der Waals surface area contributed by atoms with Crippen LogP contribution in [0, 0.1) is 17.5 Å². The molecule has 1 heterocycles. The van der Waals surface area contributed by atoms with Crippen molar-refractivity contribution in [2.24, 2.45) is 0 Å². The summed E-state index contributed by atoms with van der Waals surface area (Å²) in [5.41, 5.74) is -2.54. The number of rotatable bonds is 4. The lowest BCUT2D eigenvalue weighted by Crippen LogP contribution is -2.29. The van der Waals surface area contributed by atoms with Gasteiger partial charge in [0, 0.05) is 30.4 Å². The molecule has 0 unspecified atom stereocenters. The van der Waals surface area contributed by atoms with Crippen LogP contribution in [0.5, 0.6) is 0 Å². The normalized spacial score (nSPS) is 11.4. The van der Waals surface area contributed by atoms with Crippen LogP contribution >= 0.6 is 0 Å². The number of benzene rings is 1. The minimum Gasteiger partial charge on any atom is -0.350 e. The summed E-state index contributed by atoms with van der Waals surface area (Å²) in [6, 6.07) is 2.67. The summed E-state index contributed by atoms with van der Waals surface area (Å²) in [5, 5.41) is 2.10. The van der Waals surface area contributed by atoms with E-state index in [1.807, 2.05) is 0 Å². The second kappa shape index (κ2) is 6.90. The van der Waals surface area contributed by atoms with Crippen molar-refractivity contribution in [2.75, 3.05) is 6.54 Å². The minimum absolute atomic E-state index is 0.355. The number of carbonyl (C=O) groups excluding carboxylic acids is 1. The minimum atomic E-state index is -4.77. The van der Waals surface area contributed by atoms with Gasteiger partial charge in [0.15, 0.2) is 0 Å². The van der Waals surface area contributed by atoms with Crippen molar-refractivity contribution >= 4 is 5.91 Å². The SMILES string of the molecule is O=C(NCCc1c(F)cc(F)cc1F)c1ncccc1C(F)(F)F.